The number of ether oxygens (including phenoxy) is 2. The minimum Gasteiger partial charge on any atom is -0.460 e. The summed E-state index contributed by atoms with van der Waals surface area (Å²) in [6.07, 6.45) is 4.03. The van der Waals surface area contributed by atoms with Gasteiger partial charge in [0, 0.05) is 26.1 Å². The number of nitrogens with zero attached hydrogens (tertiary/aromatic N) is 2. The van der Waals surface area contributed by atoms with Gasteiger partial charge in [-0.25, -0.2) is 0 Å². The predicted molar refractivity (Wildman–Crippen MR) is 158 cm³/mol. The molecule has 0 saturated carbocycles. The average molecular weight is 602 g/mol. The van der Waals surface area contributed by atoms with Crippen molar-refractivity contribution >= 4 is 41.0 Å². The van der Waals surface area contributed by atoms with Crippen LogP contribution in [0, 0.1) is 18.8 Å². The van der Waals surface area contributed by atoms with Gasteiger partial charge in [0.2, 0.25) is 11.8 Å². The first-order valence-electron chi connectivity index (χ1n) is 14.5. The maximum absolute atomic E-state index is 14.5. The number of amides is 3. The van der Waals surface area contributed by atoms with Crippen molar-refractivity contribution in [2.45, 2.75) is 69.8 Å². The minimum atomic E-state index is -1.23. The number of benzene rings is 1. The average Bonchev–Trinajstić information content (AvgIpc) is 3.60. The summed E-state index contributed by atoms with van der Waals surface area (Å²) in [6.45, 7) is 11.2. The summed E-state index contributed by atoms with van der Waals surface area (Å²) in [5, 5.41) is 12.7. The Morgan fingerprint density at radius 2 is 2.10 bits per heavy atom. The third-order valence-electron chi connectivity index (χ3n) is 8.38. The second-order valence-corrected chi connectivity index (χ2v) is 11.6. The molecule has 11 heteroatoms. The van der Waals surface area contributed by atoms with Crippen molar-refractivity contribution in [1.82, 2.24) is 10.2 Å². The van der Waals surface area contributed by atoms with Crippen LogP contribution < -0.4 is 10.2 Å². The van der Waals surface area contributed by atoms with Gasteiger partial charge in [-0.15, -0.1) is 13.2 Å². The molecule has 10 nitrogen and oxygen atoms in total. The number of likely N-dealkylation sites (tertiary alicyclic amines) is 1. The lowest BCUT2D eigenvalue weighted by Gasteiger charge is -2.37. The van der Waals surface area contributed by atoms with Crippen molar-refractivity contribution in [2.75, 3.05) is 31.1 Å². The van der Waals surface area contributed by atoms with Gasteiger partial charge in [-0.3, -0.25) is 19.2 Å². The number of aliphatic hydroxyl groups is 1. The van der Waals surface area contributed by atoms with Crippen LogP contribution in [0.2, 0.25) is 5.02 Å². The van der Waals surface area contributed by atoms with Crippen LogP contribution in [0.15, 0.2) is 43.5 Å². The van der Waals surface area contributed by atoms with Crippen LogP contribution in [-0.2, 0) is 28.7 Å². The zero-order chi connectivity index (χ0) is 30.6. The van der Waals surface area contributed by atoms with E-state index in [1.54, 1.807) is 31.2 Å². The monoisotopic (exact) mass is 601 g/mol. The first-order valence-corrected chi connectivity index (χ1v) is 14.8. The number of hydrogen-bond donors (Lipinski definition) is 2. The first kappa shape index (κ1) is 31.7. The van der Waals surface area contributed by atoms with Gasteiger partial charge in [-0.2, -0.15) is 0 Å². The van der Waals surface area contributed by atoms with Crippen molar-refractivity contribution in [3.8, 4) is 0 Å². The minimum absolute atomic E-state index is 0.121. The molecule has 3 saturated heterocycles. The second kappa shape index (κ2) is 13.4. The maximum atomic E-state index is 14.5. The van der Waals surface area contributed by atoms with Gasteiger partial charge in [-0.05, 0) is 51.2 Å². The Kier molecular flexibility index (Phi) is 10.1. The number of rotatable bonds is 14. The fourth-order valence-corrected chi connectivity index (χ4v) is 6.94. The Balaban J connectivity index is 1.62. The third-order valence-corrected chi connectivity index (χ3v) is 8.68. The van der Waals surface area contributed by atoms with E-state index >= 15 is 0 Å². The van der Waals surface area contributed by atoms with E-state index in [0.717, 1.165) is 5.56 Å². The van der Waals surface area contributed by atoms with E-state index in [4.69, 9.17) is 21.1 Å². The molecular formula is C31H40ClN3O7. The SMILES string of the molecule is C=CCCC(=O)NC[C@H](C)OC(=O)[C@@H]1[C@@H]2CC[C@]3(O2)[C@H](C(=O)N(CC=C)c2c(C)cccc2Cl)N(CCCO)C(=O)[C@@H]13. The zero-order valence-corrected chi connectivity index (χ0v) is 25.0. The van der Waals surface area contributed by atoms with E-state index in [9.17, 15) is 24.3 Å². The number of para-hydroxylation sites is 1. The van der Waals surface area contributed by atoms with Crippen molar-refractivity contribution in [3.63, 3.8) is 0 Å². The highest BCUT2D eigenvalue weighted by Gasteiger charge is 2.75. The quantitative estimate of drug-likeness (QED) is 0.248. The van der Waals surface area contributed by atoms with Gasteiger partial charge >= 0.3 is 5.97 Å². The topological polar surface area (TPSA) is 125 Å². The Morgan fingerprint density at radius 3 is 2.76 bits per heavy atom. The van der Waals surface area contributed by atoms with Crippen molar-refractivity contribution in [2.24, 2.45) is 11.8 Å². The van der Waals surface area contributed by atoms with Crippen molar-refractivity contribution in [3.05, 3.63) is 54.1 Å². The van der Waals surface area contributed by atoms with Gasteiger partial charge in [0.15, 0.2) is 0 Å². The largest absolute Gasteiger partial charge is 0.460 e. The van der Waals surface area contributed by atoms with E-state index in [-0.39, 0.29) is 56.8 Å². The van der Waals surface area contributed by atoms with E-state index in [0.29, 0.717) is 30.0 Å². The Labute approximate surface area is 251 Å². The fraction of sp³-hybridized carbons (Fsp3) is 0.548. The summed E-state index contributed by atoms with van der Waals surface area (Å²) >= 11 is 6.57. The molecule has 2 bridgehead atoms. The van der Waals surface area contributed by atoms with Crippen LogP contribution in [0.4, 0.5) is 5.69 Å². The highest BCUT2D eigenvalue weighted by Crippen LogP contribution is 2.59. The molecule has 6 atom stereocenters. The van der Waals surface area contributed by atoms with Gasteiger partial charge in [0.05, 0.1) is 35.2 Å². The summed E-state index contributed by atoms with van der Waals surface area (Å²) in [5.74, 6) is -3.33. The number of halogens is 1. The molecule has 3 aliphatic rings. The molecule has 0 unspecified atom stereocenters. The molecule has 0 radical (unpaired) electrons. The molecule has 1 aromatic rings. The smallest absolute Gasteiger partial charge is 0.312 e. The van der Waals surface area contributed by atoms with E-state index in [1.165, 1.54) is 9.80 Å². The van der Waals surface area contributed by atoms with Gasteiger partial charge in [0.25, 0.3) is 5.91 Å². The number of fused-ring (bicyclic) bond motifs is 1. The van der Waals surface area contributed by atoms with Crippen LogP contribution >= 0.6 is 11.6 Å². The number of carbonyl (C=O) groups excluding carboxylic acids is 4. The summed E-state index contributed by atoms with van der Waals surface area (Å²) < 4.78 is 12.2. The van der Waals surface area contributed by atoms with Crippen LogP contribution in [0.1, 0.15) is 44.6 Å². The maximum Gasteiger partial charge on any atom is 0.312 e. The summed E-state index contributed by atoms with van der Waals surface area (Å²) in [4.78, 5) is 57.0. The lowest BCUT2D eigenvalue weighted by atomic mass is 9.70. The molecular weight excluding hydrogens is 562 g/mol. The zero-order valence-electron chi connectivity index (χ0n) is 24.2. The van der Waals surface area contributed by atoms with Crippen molar-refractivity contribution < 1.29 is 33.8 Å². The molecule has 228 valence electrons. The Hall–Kier alpha value is -3.21. The van der Waals surface area contributed by atoms with Gasteiger partial charge in [-0.1, -0.05) is 35.9 Å². The highest BCUT2D eigenvalue weighted by molar-refractivity contribution is 6.34. The van der Waals surface area contributed by atoms with Crippen LogP contribution in [-0.4, -0.2) is 83.8 Å². The standard InChI is InChI=1S/C31H40ClN3O7/c1-5-7-12-23(37)33-18-20(4)41-30(40)24-22-13-14-31(42-22)25(24)28(38)35(16-9-17-36)27(31)29(39)34(15-6-2)26-19(3)10-8-11-21(26)32/h5-6,8,10-11,20,22,24-25,27,36H,1-2,7,9,12-18H2,3-4H3,(H,33,37)/t20-,22-,24+,25+,27-,31+/m0/s1. The van der Waals surface area contributed by atoms with Crippen LogP contribution in [0.3, 0.4) is 0 Å². The molecule has 4 rings (SSSR count). The molecule has 1 spiro atoms. The highest BCUT2D eigenvalue weighted by atomic mass is 35.5. The molecule has 3 aliphatic heterocycles. The van der Waals surface area contributed by atoms with Gasteiger partial charge < -0.3 is 29.7 Å². The number of esters is 1. The fourth-order valence-electron chi connectivity index (χ4n) is 6.61. The Bertz CT molecular complexity index is 1220. The molecule has 3 fully saturated rings. The van der Waals surface area contributed by atoms with Crippen LogP contribution in [0.25, 0.3) is 0 Å². The molecule has 0 aromatic heterocycles. The predicted octanol–water partition coefficient (Wildman–Crippen LogP) is 2.94. The number of anilines is 1. The summed E-state index contributed by atoms with van der Waals surface area (Å²) in [5.41, 5.74) is 0.0712. The molecule has 0 aliphatic carbocycles. The lowest BCUT2D eigenvalue weighted by molar-refractivity contribution is -0.159. The lowest BCUT2D eigenvalue weighted by Crippen LogP contribution is -2.56. The second-order valence-electron chi connectivity index (χ2n) is 11.2. The van der Waals surface area contributed by atoms with E-state index < -0.39 is 41.7 Å². The number of nitrogens with one attached hydrogen (secondary N) is 1. The van der Waals surface area contributed by atoms with Crippen molar-refractivity contribution in [1.29, 1.82) is 0 Å². The summed E-state index contributed by atoms with van der Waals surface area (Å²) in [6, 6.07) is 4.32. The molecule has 1 aromatic carbocycles. The number of carbonyl (C=O) groups is 4. The number of allylic oxidation sites excluding steroid dienone is 1. The molecule has 42 heavy (non-hydrogen) atoms. The first-order chi connectivity index (χ1) is 20.1. The van der Waals surface area contributed by atoms with E-state index in [1.807, 2.05) is 13.0 Å². The van der Waals surface area contributed by atoms with Gasteiger partial charge in [0.1, 0.15) is 17.7 Å². The Morgan fingerprint density at radius 1 is 1.33 bits per heavy atom. The number of hydrogen-bond acceptors (Lipinski definition) is 7. The van der Waals surface area contributed by atoms with E-state index in [2.05, 4.69) is 18.5 Å². The normalized spacial score (nSPS) is 26.5. The third kappa shape index (κ3) is 5.85. The van der Waals surface area contributed by atoms with Crippen LogP contribution in [0.5, 0.6) is 0 Å². The molecule has 3 heterocycles. The number of aryl methyl sites for hydroxylation is 1. The number of aliphatic hydroxyl groups excluding tert-OH is 1. The summed E-state index contributed by atoms with van der Waals surface area (Å²) in [7, 11) is 0. The molecule has 2 N–H and O–H groups in total. The molecule has 3 amide bonds.